The fourth-order valence-corrected chi connectivity index (χ4v) is 5.87. The third-order valence-corrected chi connectivity index (χ3v) is 7.42. The van der Waals surface area contributed by atoms with Crippen LogP contribution in [0.15, 0.2) is 24.3 Å². The first kappa shape index (κ1) is 26.8. The molecule has 1 aliphatic heterocycles. The second kappa shape index (κ2) is 12.1. The molecule has 1 aromatic carbocycles. The van der Waals surface area contributed by atoms with Crippen LogP contribution >= 0.6 is 7.60 Å². The van der Waals surface area contributed by atoms with E-state index in [1.165, 1.54) is 0 Å². The van der Waals surface area contributed by atoms with Crippen LogP contribution in [0.2, 0.25) is 0 Å². The van der Waals surface area contributed by atoms with Gasteiger partial charge in [-0.05, 0) is 65.2 Å². The summed E-state index contributed by atoms with van der Waals surface area (Å²) in [6.45, 7) is 10.1. The first-order valence-electron chi connectivity index (χ1n) is 11.1. The van der Waals surface area contributed by atoms with Gasteiger partial charge in [0.25, 0.3) is 0 Å². The number of esters is 1. The fourth-order valence-electron chi connectivity index (χ4n) is 3.68. The Bertz CT molecular complexity index is 742. The van der Waals surface area contributed by atoms with Crippen LogP contribution in [0, 0.1) is 0 Å². The van der Waals surface area contributed by atoms with Crippen molar-refractivity contribution in [2.45, 2.75) is 70.9 Å². The van der Waals surface area contributed by atoms with Crippen LogP contribution in [-0.4, -0.2) is 57.1 Å². The first-order chi connectivity index (χ1) is 15.1. The quantitative estimate of drug-likeness (QED) is 0.313. The Kier molecular flexibility index (Phi) is 10.2. The molecule has 1 aromatic rings. The Balaban J connectivity index is 2.50. The van der Waals surface area contributed by atoms with Crippen LogP contribution in [-0.2, 0) is 32.6 Å². The van der Waals surface area contributed by atoms with Gasteiger partial charge in [0.15, 0.2) is 11.9 Å². The van der Waals surface area contributed by atoms with Crippen molar-refractivity contribution in [1.29, 1.82) is 0 Å². The van der Waals surface area contributed by atoms with Gasteiger partial charge in [0.05, 0.1) is 33.5 Å². The van der Waals surface area contributed by atoms with E-state index in [0.29, 0.717) is 31.8 Å². The van der Waals surface area contributed by atoms with E-state index in [-0.39, 0.29) is 19.5 Å². The van der Waals surface area contributed by atoms with Crippen LogP contribution < -0.4 is 4.74 Å². The summed E-state index contributed by atoms with van der Waals surface area (Å²) in [5.41, 5.74) is -1.10. The Morgan fingerprint density at radius 1 is 1.09 bits per heavy atom. The highest BCUT2D eigenvalue weighted by Crippen LogP contribution is 2.59. The number of benzene rings is 1. The van der Waals surface area contributed by atoms with E-state index in [1.54, 1.807) is 41.7 Å². The van der Waals surface area contributed by atoms with Gasteiger partial charge >= 0.3 is 13.6 Å². The molecule has 0 radical (unpaired) electrons. The Hall–Kier alpha value is -1.44. The number of rotatable bonds is 12. The van der Waals surface area contributed by atoms with Crippen LogP contribution in [0.25, 0.3) is 0 Å². The highest BCUT2D eigenvalue weighted by molar-refractivity contribution is 7.55. The molecule has 0 N–H and O–H groups in total. The molecule has 1 saturated heterocycles. The third-order valence-electron chi connectivity index (χ3n) is 4.94. The molecule has 182 valence electrons. The molecular weight excluding hydrogens is 435 g/mol. The van der Waals surface area contributed by atoms with Crippen molar-refractivity contribution in [3.8, 4) is 5.75 Å². The molecule has 0 amide bonds. The molecule has 9 heteroatoms. The molecule has 1 fully saturated rings. The van der Waals surface area contributed by atoms with Gasteiger partial charge in [-0.2, -0.15) is 0 Å². The Labute approximate surface area is 191 Å². The van der Waals surface area contributed by atoms with Crippen LogP contribution in [0.5, 0.6) is 5.75 Å². The predicted octanol–water partition coefficient (Wildman–Crippen LogP) is 4.91. The highest BCUT2D eigenvalue weighted by atomic mass is 31.2. The average Bonchev–Trinajstić information content (AvgIpc) is 3.23. The molecule has 32 heavy (non-hydrogen) atoms. The van der Waals surface area contributed by atoms with E-state index < -0.39 is 30.7 Å². The molecule has 1 heterocycles. The van der Waals surface area contributed by atoms with Gasteiger partial charge in [0, 0.05) is 5.92 Å². The topological polar surface area (TPSA) is 89.5 Å². The summed E-state index contributed by atoms with van der Waals surface area (Å²) in [4.78, 5) is 13.4. The summed E-state index contributed by atoms with van der Waals surface area (Å²) in [6.07, 6.45) is 0.618. The van der Waals surface area contributed by atoms with Crippen molar-refractivity contribution in [1.82, 2.24) is 0 Å². The van der Waals surface area contributed by atoms with E-state index in [4.69, 9.17) is 28.0 Å². The van der Waals surface area contributed by atoms with Gasteiger partial charge in [0.2, 0.25) is 0 Å². The summed E-state index contributed by atoms with van der Waals surface area (Å²) < 4.78 is 47.4. The van der Waals surface area contributed by atoms with Gasteiger partial charge in [-0.1, -0.05) is 12.1 Å². The second-order valence-corrected chi connectivity index (χ2v) is 10.6. The summed E-state index contributed by atoms with van der Waals surface area (Å²) in [5.74, 6) is -0.439. The summed E-state index contributed by atoms with van der Waals surface area (Å²) in [5, 5.41) is 0. The largest absolute Gasteiger partial charge is 0.497 e. The van der Waals surface area contributed by atoms with Crippen LogP contribution in [0.4, 0.5) is 0 Å². The maximum Gasteiger partial charge on any atom is 0.345 e. The van der Waals surface area contributed by atoms with Gasteiger partial charge in [-0.15, -0.1) is 0 Å². The molecule has 0 spiro atoms. The van der Waals surface area contributed by atoms with Gasteiger partial charge < -0.3 is 28.0 Å². The monoisotopic (exact) mass is 472 g/mol. The number of carbonyl (C=O) groups excluding carboxylic acids is 1. The molecule has 0 saturated carbocycles. The third kappa shape index (κ3) is 7.56. The van der Waals surface area contributed by atoms with E-state index in [9.17, 15) is 9.36 Å². The van der Waals surface area contributed by atoms with E-state index in [1.807, 2.05) is 24.3 Å². The smallest absolute Gasteiger partial charge is 0.345 e. The summed E-state index contributed by atoms with van der Waals surface area (Å²) in [7, 11) is -2.27. The van der Waals surface area contributed by atoms with Crippen molar-refractivity contribution in [2.24, 2.45) is 0 Å². The van der Waals surface area contributed by atoms with Gasteiger partial charge in [-0.3, -0.25) is 9.36 Å². The van der Waals surface area contributed by atoms with E-state index in [2.05, 4.69) is 0 Å². The maximum absolute atomic E-state index is 13.9. The van der Waals surface area contributed by atoms with Crippen molar-refractivity contribution in [3.63, 3.8) is 0 Å². The van der Waals surface area contributed by atoms with Crippen molar-refractivity contribution in [3.05, 3.63) is 29.8 Å². The molecule has 1 aliphatic rings. The molecule has 8 nitrogen and oxygen atoms in total. The van der Waals surface area contributed by atoms with Crippen LogP contribution in [0.3, 0.4) is 0 Å². The average molecular weight is 473 g/mol. The molecule has 0 aromatic heterocycles. The number of ether oxygens (including phenoxy) is 4. The summed E-state index contributed by atoms with van der Waals surface area (Å²) in [6, 6.07) is 7.34. The lowest BCUT2D eigenvalue weighted by molar-refractivity contribution is -0.155. The summed E-state index contributed by atoms with van der Waals surface area (Å²) >= 11 is 0. The van der Waals surface area contributed by atoms with E-state index >= 15 is 0 Å². The highest BCUT2D eigenvalue weighted by Gasteiger charge is 2.49. The lowest BCUT2D eigenvalue weighted by Crippen LogP contribution is -2.37. The first-order valence-corrected chi connectivity index (χ1v) is 12.7. The molecule has 0 aliphatic carbocycles. The molecule has 2 unspecified atom stereocenters. The normalized spacial score (nSPS) is 17.2. The minimum Gasteiger partial charge on any atom is -0.497 e. The molecular formula is C23H37O8P. The van der Waals surface area contributed by atoms with Crippen molar-refractivity contribution >= 4 is 13.6 Å². The minimum atomic E-state index is -3.86. The molecule has 2 atom stereocenters. The zero-order valence-electron chi connectivity index (χ0n) is 20.0. The Morgan fingerprint density at radius 2 is 1.66 bits per heavy atom. The van der Waals surface area contributed by atoms with Crippen molar-refractivity contribution < 1.29 is 37.4 Å². The number of hydrogen-bond acceptors (Lipinski definition) is 8. The number of hydrogen-bond donors (Lipinski definition) is 0. The second-order valence-electron chi connectivity index (χ2n) is 8.48. The molecule has 0 bridgehead atoms. The van der Waals surface area contributed by atoms with Crippen LogP contribution in [0.1, 0.15) is 58.9 Å². The lowest BCUT2D eigenvalue weighted by Gasteiger charge is -2.33. The zero-order valence-corrected chi connectivity index (χ0v) is 20.9. The fraction of sp³-hybridized carbons (Fsp3) is 0.696. The SMILES string of the molecule is CCOP(=O)(OCC)C(C(=O)OC(C)(C)C)C(CCC1OCCO1)c1ccc(OC)cc1. The minimum absolute atomic E-state index is 0.140. The zero-order chi connectivity index (χ0) is 23.8. The number of carbonyl (C=O) groups is 1. The Morgan fingerprint density at radius 3 is 2.12 bits per heavy atom. The predicted molar refractivity (Wildman–Crippen MR) is 121 cm³/mol. The lowest BCUT2D eigenvalue weighted by atomic mass is 9.90. The number of methoxy groups -OCH3 is 1. The van der Waals surface area contributed by atoms with E-state index in [0.717, 1.165) is 5.56 Å². The molecule has 2 rings (SSSR count). The maximum atomic E-state index is 13.9. The standard InChI is InChI=1S/C23H37O8P/c1-7-29-32(25,30-8-2)21(22(24)31-23(3,4)5)19(13-14-20-27-15-16-28-20)17-9-11-18(26-6)12-10-17/h9-12,19-21H,7-8,13-16H2,1-6H3. The van der Waals surface area contributed by atoms with Crippen molar-refractivity contribution in [2.75, 3.05) is 33.5 Å². The van der Waals surface area contributed by atoms with Gasteiger partial charge in [0.1, 0.15) is 11.4 Å². The van der Waals surface area contributed by atoms with Gasteiger partial charge in [-0.25, -0.2) is 0 Å².